The smallest absolute Gasteiger partial charge is 0.323 e. The second-order valence-electron chi connectivity index (χ2n) is 6.65. The summed E-state index contributed by atoms with van der Waals surface area (Å²) in [5, 5.41) is 4.41. The molecule has 4 rings (SSSR count). The lowest BCUT2D eigenvalue weighted by Gasteiger charge is -2.26. The van der Waals surface area contributed by atoms with E-state index in [1.54, 1.807) is 0 Å². The van der Waals surface area contributed by atoms with Gasteiger partial charge in [0, 0.05) is 18.2 Å². The minimum Gasteiger partial charge on any atom is -0.330 e. The Morgan fingerprint density at radius 2 is 1.76 bits per heavy atom. The number of amides is 4. The molecule has 0 spiro atoms. The number of carbonyl (C=O) groups is 3. The monoisotopic (exact) mass is 399 g/mol. The highest BCUT2D eigenvalue weighted by Gasteiger charge is 2.48. The summed E-state index contributed by atoms with van der Waals surface area (Å²) in [6, 6.07) is 5.69. The molecule has 1 fully saturated rings. The summed E-state index contributed by atoms with van der Waals surface area (Å²) in [7, 11) is 0. The summed E-state index contributed by atoms with van der Waals surface area (Å²) in [6.45, 7) is -0.249. The van der Waals surface area contributed by atoms with Crippen molar-refractivity contribution in [1.82, 2.24) is 15.5 Å². The van der Waals surface area contributed by atoms with Crippen LogP contribution in [0.25, 0.3) is 0 Å². The zero-order chi connectivity index (χ0) is 20.8. The van der Waals surface area contributed by atoms with E-state index < -0.39 is 40.8 Å². The van der Waals surface area contributed by atoms with Crippen LogP contribution < -0.4 is 10.6 Å². The highest BCUT2D eigenvalue weighted by Crippen LogP contribution is 2.26. The van der Waals surface area contributed by atoms with Gasteiger partial charge in [-0.3, -0.25) is 14.9 Å². The molecule has 0 unspecified atom stereocenters. The summed E-state index contributed by atoms with van der Waals surface area (Å²) < 4.78 is 40.4. The lowest BCUT2D eigenvalue weighted by atomic mass is 9.99. The van der Waals surface area contributed by atoms with Gasteiger partial charge < -0.3 is 10.2 Å². The molecule has 2 N–H and O–H groups in total. The average Bonchev–Trinajstić information content (AvgIpc) is 3.11. The maximum absolute atomic E-state index is 13.9. The fourth-order valence-corrected chi connectivity index (χ4v) is 3.24. The van der Waals surface area contributed by atoms with Gasteiger partial charge in [0.25, 0.3) is 11.8 Å². The van der Waals surface area contributed by atoms with Crippen LogP contribution in [0.3, 0.4) is 0 Å². The Morgan fingerprint density at radius 3 is 2.45 bits per heavy atom. The Balaban J connectivity index is 1.68. The van der Waals surface area contributed by atoms with Crippen molar-refractivity contribution < 1.29 is 27.6 Å². The molecule has 4 amide bonds. The number of halogens is 3. The second-order valence-corrected chi connectivity index (χ2v) is 6.65. The molecule has 146 valence electrons. The Bertz CT molecular complexity index is 1140. The lowest BCUT2D eigenvalue weighted by molar-refractivity contribution is -0.122. The summed E-state index contributed by atoms with van der Waals surface area (Å²) in [6.07, 6.45) is 0. The molecule has 6 nitrogen and oxygen atoms in total. The van der Waals surface area contributed by atoms with Gasteiger partial charge in [-0.2, -0.15) is 0 Å². The predicted octanol–water partition coefficient (Wildman–Crippen LogP) is 1.69. The van der Waals surface area contributed by atoms with Crippen LogP contribution in [-0.4, -0.2) is 34.8 Å². The fourth-order valence-electron chi connectivity index (χ4n) is 3.24. The number of hydrogen-bond donors (Lipinski definition) is 2. The quantitative estimate of drug-likeness (QED) is 0.596. The molecule has 0 aromatic heterocycles. The standard InChI is InChI=1S/C20H12F3N3O3/c21-13-4-2-12-9-26(17(27)15(12)7-13)10-20(18(28)24-19(29)25-20)6-5-11-1-3-14(22)8-16(11)23/h1-4,7-8H,9-10H2,(H2,24,25,28,29)/t20-/m0/s1. The third-order valence-electron chi connectivity index (χ3n) is 4.66. The van der Waals surface area contributed by atoms with Crippen molar-refractivity contribution in [2.45, 2.75) is 12.1 Å². The lowest BCUT2D eigenvalue weighted by Crippen LogP contribution is -2.54. The van der Waals surface area contributed by atoms with Crippen molar-refractivity contribution in [2.24, 2.45) is 0 Å². The molecule has 0 bridgehead atoms. The Hall–Kier alpha value is -3.80. The van der Waals surface area contributed by atoms with Crippen molar-refractivity contribution >= 4 is 17.8 Å². The molecule has 2 aliphatic heterocycles. The number of benzene rings is 2. The van der Waals surface area contributed by atoms with Crippen LogP contribution in [0.1, 0.15) is 21.5 Å². The number of rotatable bonds is 2. The van der Waals surface area contributed by atoms with Crippen LogP contribution in [0.2, 0.25) is 0 Å². The SMILES string of the molecule is O=C1NC(=O)[C@](C#Cc2ccc(F)cc2F)(CN2Cc3ccc(F)cc3C2=O)N1. The third kappa shape index (κ3) is 3.29. The minimum atomic E-state index is -1.84. The van der Waals surface area contributed by atoms with Gasteiger partial charge in [0.05, 0.1) is 12.1 Å². The molecule has 0 saturated carbocycles. The zero-order valence-electron chi connectivity index (χ0n) is 14.7. The molecule has 0 radical (unpaired) electrons. The number of nitrogens with zero attached hydrogens (tertiary/aromatic N) is 1. The van der Waals surface area contributed by atoms with E-state index in [-0.39, 0.29) is 24.2 Å². The van der Waals surface area contributed by atoms with E-state index in [9.17, 15) is 27.6 Å². The van der Waals surface area contributed by atoms with E-state index in [0.717, 1.165) is 18.2 Å². The first-order chi connectivity index (χ1) is 13.8. The highest BCUT2D eigenvalue weighted by atomic mass is 19.1. The van der Waals surface area contributed by atoms with Gasteiger partial charge in [0.15, 0.2) is 0 Å². The molecule has 2 aromatic carbocycles. The minimum absolute atomic E-state index is 0.0892. The number of hydrogen-bond acceptors (Lipinski definition) is 3. The van der Waals surface area contributed by atoms with E-state index in [2.05, 4.69) is 17.2 Å². The fraction of sp³-hybridized carbons (Fsp3) is 0.150. The number of fused-ring (bicyclic) bond motifs is 1. The zero-order valence-corrected chi connectivity index (χ0v) is 14.7. The summed E-state index contributed by atoms with van der Waals surface area (Å²) >= 11 is 0. The topological polar surface area (TPSA) is 78.5 Å². The first kappa shape index (κ1) is 18.6. The molecule has 2 heterocycles. The van der Waals surface area contributed by atoms with Crippen molar-refractivity contribution in [3.63, 3.8) is 0 Å². The maximum atomic E-state index is 13.9. The molecule has 2 aromatic rings. The molecule has 0 aliphatic carbocycles. The van der Waals surface area contributed by atoms with Gasteiger partial charge in [-0.15, -0.1) is 0 Å². The molecule has 1 atom stereocenters. The average molecular weight is 399 g/mol. The van der Waals surface area contributed by atoms with Gasteiger partial charge >= 0.3 is 6.03 Å². The van der Waals surface area contributed by atoms with Crippen LogP contribution in [0.5, 0.6) is 0 Å². The first-order valence-electron chi connectivity index (χ1n) is 8.47. The summed E-state index contributed by atoms with van der Waals surface area (Å²) in [4.78, 5) is 38.0. The molecule has 29 heavy (non-hydrogen) atoms. The van der Waals surface area contributed by atoms with Gasteiger partial charge in [-0.25, -0.2) is 18.0 Å². The van der Waals surface area contributed by atoms with E-state index in [4.69, 9.17) is 0 Å². The number of nitrogens with one attached hydrogen (secondary N) is 2. The largest absolute Gasteiger partial charge is 0.330 e. The van der Waals surface area contributed by atoms with E-state index in [1.165, 1.54) is 17.0 Å². The summed E-state index contributed by atoms with van der Waals surface area (Å²) in [5.74, 6) is 1.30. The number of carbonyl (C=O) groups excluding carboxylic acids is 3. The van der Waals surface area contributed by atoms with Gasteiger partial charge in [0.1, 0.15) is 17.5 Å². The number of urea groups is 1. The van der Waals surface area contributed by atoms with Gasteiger partial charge in [-0.05, 0) is 29.8 Å². The van der Waals surface area contributed by atoms with Gasteiger partial charge in [0.2, 0.25) is 5.54 Å². The highest BCUT2D eigenvalue weighted by molar-refractivity contribution is 6.10. The molecule has 2 aliphatic rings. The van der Waals surface area contributed by atoms with Crippen LogP contribution in [-0.2, 0) is 11.3 Å². The van der Waals surface area contributed by atoms with Crippen molar-refractivity contribution in [1.29, 1.82) is 0 Å². The molecular weight excluding hydrogens is 387 g/mol. The van der Waals surface area contributed by atoms with Crippen molar-refractivity contribution in [3.05, 3.63) is 70.5 Å². The third-order valence-corrected chi connectivity index (χ3v) is 4.66. The molecule has 9 heteroatoms. The summed E-state index contributed by atoms with van der Waals surface area (Å²) in [5.41, 5.74) is -1.30. The van der Waals surface area contributed by atoms with Crippen LogP contribution in [0.15, 0.2) is 36.4 Å². The Kier molecular flexibility index (Phi) is 4.27. The van der Waals surface area contributed by atoms with Crippen LogP contribution in [0.4, 0.5) is 18.0 Å². The first-order valence-corrected chi connectivity index (χ1v) is 8.47. The Morgan fingerprint density at radius 1 is 1.03 bits per heavy atom. The molecule has 1 saturated heterocycles. The van der Waals surface area contributed by atoms with Crippen LogP contribution >= 0.6 is 0 Å². The maximum Gasteiger partial charge on any atom is 0.323 e. The van der Waals surface area contributed by atoms with E-state index >= 15 is 0 Å². The Labute approximate surface area is 162 Å². The van der Waals surface area contributed by atoms with Crippen molar-refractivity contribution in [2.75, 3.05) is 6.54 Å². The predicted molar refractivity (Wildman–Crippen MR) is 93.8 cm³/mol. The van der Waals surface area contributed by atoms with Crippen LogP contribution in [0, 0.1) is 29.3 Å². The second kappa shape index (κ2) is 6.67. The molecular formula is C20H12F3N3O3. The number of imide groups is 1. The van der Waals surface area contributed by atoms with E-state index in [0.29, 0.717) is 11.6 Å². The normalized spacial score (nSPS) is 20.1. The van der Waals surface area contributed by atoms with Crippen molar-refractivity contribution in [3.8, 4) is 11.8 Å². The van der Waals surface area contributed by atoms with Gasteiger partial charge in [-0.1, -0.05) is 17.9 Å². The van der Waals surface area contributed by atoms with E-state index in [1.807, 2.05) is 5.32 Å².